The Morgan fingerprint density at radius 2 is 2.00 bits per heavy atom. The maximum Gasteiger partial charge on any atom is 0.148 e. The maximum absolute atomic E-state index is 9.45. The van der Waals surface area contributed by atoms with E-state index in [0.29, 0.717) is 11.3 Å². The van der Waals surface area contributed by atoms with Gasteiger partial charge in [0.05, 0.1) is 11.7 Å². The van der Waals surface area contributed by atoms with Gasteiger partial charge in [-0.2, -0.15) is 5.26 Å². The van der Waals surface area contributed by atoms with Gasteiger partial charge in [-0.05, 0) is 56.1 Å². The van der Waals surface area contributed by atoms with Crippen LogP contribution in [0.4, 0.5) is 0 Å². The van der Waals surface area contributed by atoms with Crippen LogP contribution in [0, 0.1) is 11.3 Å². The van der Waals surface area contributed by atoms with E-state index < -0.39 is 0 Å². The van der Waals surface area contributed by atoms with Crippen molar-refractivity contribution < 1.29 is 4.74 Å². The first kappa shape index (κ1) is 20.3. The van der Waals surface area contributed by atoms with Gasteiger partial charge < -0.3 is 10.1 Å². The van der Waals surface area contributed by atoms with E-state index in [1.165, 1.54) is 11.1 Å². The van der Waals surface area contributed by atoms with Crippen molar-refractivity contribution in [2.24, 2.45) is 0 Å². The van der Waals surface area contributed by atoms with E-state index in [1.807, 2.05) is 32.0 Å². The number of rotatable bonds is 4. The molecule has 144 valence electrons. The van der Waals surface area contributed by atoms with Gasteiger partial charge in [-0.3, -0.25) is 0 Å². The summed E-state index contributed by atoms with van der Waals surface area (Å²) in [4.78, 5) is 0. The fourth-order valence-electron chi connectivity index (χ4n) is 3.29. The first-order valence-corrected chi connectivity index (χ1v) is 9.84. The van der Waals surface area contributed by atoms with E-state index in [1.54, 1.807) is 11.3 Å². The molecule has 0 bridgehead atoms. The number of ether oxygens (including phenoxy) is 1. The molecule has 7 heteroatoms. The topological polar surface area (TPSA) is 70.8 Å². The Kier molecular flexibility index (Phi) is 6.30. The maximum atomic E-state index is 9.45. The van der Waals surface area contributed by atoms with Gasteiger partial charge in [-0.25, -0.2) is 0 Å². The number of hydrogen-bond donors (Lipinski definition) is 1. The largest absolute Gasteiger partial charge is 0.490 e. The molecular weight excluding hydrogens is 392 g/mol. The van der Waals surface area contributed by atoms with Crippen molar-refractivity contribution in [3.8, 4) is 33.0 Å². The zero-order valence-electron chi connectivity index (χ0n) is 15.7. The molecule has 0 atom stereocenters. The van der Waals surface area contributed by atoms with Crippen molar-refractivity contribution in [3.05, 3.63) is 53.1 Å². The highest BCUT2D eigenvalue weighted by atomic mass is 35.5. The van der Waals surface area contributed by atoms with Crippen LogP contribution in [-0.4, -0.2) is 22.8 Å². The summed E-state index contributed by atoms with van der Waals surface area (Å²) < 4.78 is 5.70. The number of nitriles is 1. The molecule has 1 aliphatic heterocycles. The molecule has 1 aliphatic rings. The number of nitrogens with one attached hydrogen (secondary N) is 1. The van der Waals surface area contributed by atoms with E-state index in [-0.39, 0.29) is 18.5 Å². The quantitative estimate of drug-likeness (QED) is 0.678. The van der Waals surface area contributed by atoms with Gasteiger partial charge in [0.25, 0.3) is 0 Å². The summed E-state index contributed by atoms with van der Waals surface area (Å²) in [5.41, 5.74) is 5.26. The molecule has 5 nitrogen and oxygen atoms in total. The van der Waals surface area contributed by atoms with Gasteiger partial charge in [-0.15, -0.1) is 22.6 Å². The lowest BCUT2D eigenvalue weighted by molar-refractivity contribution is 0.242. The highest BCUT2D eigenvalue weighted by molar-refractivity contribution is 7.17. The molecule has 0 aliphatic carbocycles. The van der Waals surface area contributed by atoms with Crippen LogP contribution in [-0.2, 0) is 13.0 Å². The van der Waals surface area contributed by atoms with Gasteiger partial charge in [0.2, 0.25) is 0 Å². The fraction of sp³-hybridized carbons (Fsp3) is 0.286. The zero-order valence-corrected chi connectivity index (χ0v) is 17.4. The molecule has 1 N–H and O–H groups in total. The van der Waals surface area contributed by atoms with Crippen LogP contribution in [0.1, 0.15) is 30.5 Å². The predicted molar refractivity (Wildman–Crippen MR) is 114 cm³/mol. The van der Waals surface area contributed by atoms with E-state index in [0.717, 1.165) is 40.7 Å². The van der Waals surface area contributed by atoms with Crippen LogP contribution in [0.25, 0.3) is 21.1 Å². The summed E-state index contributed by atoms with van der Waals surface area (Å²) in [5.74, 6) is 0.602. The van der Waals surface area contributed by atoms with Crippen molar-refractivity contribution in [1.29, 1.82) is 5.26 Å². The minimum absolute atomic E-state index is 0. The average molecular weight is 413 g/mol. The molecule has 0 saturated carbocycles. The molecule has 0 amide bonds. The molecule has 3 aromatic rings. The monoisotopic (exact) mass is 412 g/mol. The second-order valence-corrected chi connectivity index (χ2v) is 7.75. The highest BCUT2D eigenvalue weighted by Crippen LogP contribution is 2.35. The van der Waals surface area contributed by atoms with Crippen LogP contribution in [0.5, 0.6) is 5.75 Å². The van der Waals surface area contributed by atoms with Crippen molar-refractivity contribution >= 4 is 23.7 Å². The second-order valence-electron chi connectivity index (χ2n) is 6.77. The third-order valence-electron chi connectivity index (χ3n) is 4.51. The van der Waals surface area contributed by atoms with Crippen LogP contribution in [0.3, 0.4) is 0 Å². The van der Waals surface area contributed by atoms with Gasteiger partial charge in [-0.1, -0.05) is 29.5 Å². The molecule has 0 radical (unpaired) electrons. The lowest BCUT2D eigenvalue weighted by Gasteiger charge is -2.19. The van der Waals surface area contributed by atoms with Crippen LogP contribution in [0.15, 0.2) is 36.4 Å². The molecule has 0 fully saturated rings. The Balaban J connectivity index is 0.00000225. The normalized spacial score (nSPS) is 12.8. The highest BCUT2D eigenvalue weighted by Gasteiger charge is 2.17. The Labute approximate surface area is 174 Å². The Hall–Kier alpha value is -2.46. The average Bonchev–Trinajstić information content (AvgIpc) is 3.17. The zero-order chi connectivity index (χ0) is 18.8. The number of halogens is 1. The molecular formula is C21H21ClN4OS. The lowest BCUT2D eigenvalue weighted by Crippen LogP contribution is -2.23. The molecule has 1 aromatic heterocycles. The van der Waals surface area contributed by atoms with Crippen LogP contribution in [0.2, 0.25) is 0 Å². The number of hydrogen-bond acceptors (Lipinski definition) is 6. The van der Waals surface area contributed by atoms with Crippen molar-refractivity contribution in [2.75, 3.05) is 6.54 Å². The number of benzene rings is 2. The summed E-state index contributed by atoms with van der Waals surface area (Å²) >= 11 is 1.56. The van der Waals surface area contributed by atoms with E-state index in [4.69, 9.17) is 4.74 Å². The van der Waals surface area contributed by atoms with Crippen molar-refractivity contribution in [1.82, 2.24) is 15.5 Å². The molecule has 28 heavy (non-hydrogen) atoms. The van der Waals surface area contributed by atoms with E-state index in [2.05, 4.69) is 39.8 Å². The Bertz CT molecular complexity index is 1030. The summed E-state index contributed by atoms with van der Waals surface area (Å²) in [6.45, 7) is 5.78. The third-order valence-corrected chi connectivity index (χ3v) is 5.51. The molecule has 0 spiro atoms. The van der Waals surface area contributed by atoms with Crippen LogP contribution < -0.4 is 10.1 Å². The fourth-order valence-corrected chi connectivity index (χ4v) is 4.18. The summed E-state index contributed by atoms with van der Waals surface area (Å²) in [6, 6.07) is 14.2. The second kappa shape index (κ2) is 8.70. The minimum Gasteiger partial charge on any atom is -0.490 e. The smallest absolute Gasteiger partial charge is 0.148 e. The van der Waals surface area contributed by atoms with E-state index in [9.17, 15) is 5.26 Å². The number of nitrogens with zero attached hydrogens (tertiary/aromatic N) is 3. The Morgan fingerprint density at radius 3 is 2.79 bits per heavy atom. The van der Waals surface area contributed by atoms with Gasteiger partial charge in [0.15, 0.2) is 0 Å². The first-order valence-electron chi connectivity index (χ1n) is 9.02. The molecule has 2 aromatic carbocycles. The first-order chi connectivity index (χ1) is 13.2. The number of aromatic nitrogens is 2. The summed E-state index contributed by atoms with van der Waals surface area (Å²) in [5, 5.41) is 23.4. The SMILES string of the molecule is CC(C)Oc1ccc(-c2nnc(-c3cccc4c3CCNC4)s2)cc1C#N.Cl. The van der Waals surface area contributed by atoms with Crippen molar-refractivity contribution in [2.45, 2.75) is 32.9 Å². The van der Waals surface area contributed by atoms with Crippen molar-refractivity contribution in [3.63, 3.8) is 0 Å². The number of fused-ring (bicyclic) bond motifs is 1. The van der Waals surface area contributed by atoms with Gasteiger partial charge >= 0.3 is 0 Å². The molecule has 2 heterocycles. The van der Waals surface area contributed by atoms with Gasteiger partial charge in [0, 0.05) is 17.7 Å². The summed E-state index contributed by atoms with van der Waals surface area (Å²) in [7, 11) is 0. The minimum atomic E-state index is 0. The molecule has 0 unspecified atom stereocenters. The van der Waals surface area contributed by atoms with Crippen LogP contribution >= 0.6 is 23.7 Å². The molecule has 0 saturated heterocycles. The lowest BCUT2D eigenvalue weighted by atomic mass is 9.96. The predicted octanol–water partition coefficient (Wildman–Crippen LogP) is 4.60. The standard InChI is InChI=1S/C21H20N4OS.ClH/c1-13(2)26-19-7-6-14(10-16(19)11-22)20-24-25-21(27-20)18-5-3-4-15-12-23-9-8-17(15)18;/h3-7,10,13,23H,8-9,12H2,1-2H3;1H. The third kappa shape index (κ3) is 4.02. The molecule has 4 rings (SSSR count). The van der Waals surface area contributed by atoms with E-state index >= 15 is 0 Å². The summed E-state index contributed by atoms with van der Waals surface area (Å²) in [6.07, 6.45) is 1.02. The Morgan fingerprint density at radius 1 is 1.18 bits per heavy atom. The van der Waals surface area contributed by atoms with Gasteiger partial charge in [0.1, 0.15) is 21.8 Å².